The number of rotatable bonds is 5. The second-order valence-electron chi connectivity index (χ2n) is 8.25. The zero-order chi connectivity index (χ0) is 22.1. The Morgan fingerprint density at radius 3 is 2.50 bits per heavy atom. The van der Waals surface area contributed by atoms with Gasteiger partial charge in [-0.25, -0.2) is 8.42 Å². The number of aromatic nitrogens is 1. The first-order valence-electron chi connectivity index (χ1n) is 10.9. The second kappa shape index (κ2) is 8.52. The molecule has 0 saturated carbocycles. The van der Waals surface area contributed by atoms with Gasteiger partial charge in [0, 0.05) is 43.2 Å². The van der Waals surface area contributed by atoms with E-state index in [4.69, 9.17) is 4.74 Å². The van der Waals surface area contributed by atoms with Crippen LogP contribution in [0.1, 0.15) is 29.6 Å². The lowest BCUT2D eigenvalue weighted by Gasteiger charge is -2.19. The number of fused-ring (bicyclic) bond motifs is 1. The summed E-state index contributed by atoms with van der Waals surface area (Å²) in [6, 6.07) is 16.0. The lowest BCUT2D eigenvalue weighted by Crippen LogP contribution is -2.31. The van der Waals surface area contributed by atoms with E-state index >= 15 is 0 Å². The van der Waals surface area contributed by atoms with E-state index in [1.54, 1.807) is 23.2 Å². The fourth-order valence-electron chi connectivity index (χ4n) is 4.39. The van der Waals surface area contributed by atoms with Crippen molar-refractivity contribution < 1.29 is 17.9 Å². The number of ether oxygens (including phenoxy) is 1. The van der Waals surface area contributed by atoms with Crippen LogP contribution in [0, 0.1) is 0 Å². The van der Waals surface area contributed by atoms with Gasteiger partial charge in [-0.3, -0.25) is 9.78 Å². The van der Waals surface area contributed by atoms with E-state index in [2.05, 4.69) is 4.98 Å². The van der Waals surface area contributed by atoms with Crippen LogP contribution in [0.15, 0.2) is 65.7 Å². The van der Waals surface area contributed by atoms with Gasteiger partial charge in [0.05, 0.1) is 11.4 Å². The summed E-state index contributed by atoms with van der Waals surface area (Å²) in [5.41, 5.74) is 1.30. The van der Waals surface area contributed by atoms with Crippen LogP contribution in [0.25, 0.3) is 10.9 Å². The normalized spacial score (nSPS) is 19.5. The minimum atomic E-state index is -3.48. The summed E-state index contributed by atoms with van der Waals surface area (Å²) in [4.78, 5) is 19.4. The largest absolute Gasteiger partial charge is 0.486 e. The van der Waals surface area contributed by atoms with Gasteiger partial charge < -0.3 is 9.64 Å². The van der Waals surface area contributed by atoms with Gasteiger partial charge in [-0.05, 0) is 49.2 Å². The molecular formula is C24H25N3O4S. The van der Waals surface area contributed by atoms with Crippen molar-refractivity contribution in [2.75, 3.05) is 26.2 Å². The molecule has 0 bridgehead atoms. The predicted molar refractivity (Wildman–Crippen MR) is 121 cm³/mol. The fourth-order valence-corrected chi connectivity index (χ4v) is 5.91. The van der Waals surface area contributed by atoms with Crippen LogP contribution in [0.2, 0.25) is 0 Å². The number of para-hydroxylation sites is 1. The summed E-state index contributed by atoms with van der Waals surface area (Å²) < 4.78 is 33.1. The third-order valence-corrected chi connectivity index (χ3v) is 8.04. The minimum absolute atomic E-state index is 0.110. The maximum atomic E-state index is 13.0. The quantitative estimate of drug-likeness (QED) is 0.595. The number of sulfonamides is 1. The summed E-state index contributed by atoms with van der Waals surface area (Å²) in [7, 11) is -3.48. The highest BCUT2D eigenvalue weighted by molar-refractivity contribution is 7.89. The molecule has 0 radical (unpaired) electrons. The van der Waals surface area contributed by atoms with E-state index in [9.17, 15) is 13.2 Å². The predicted octanol–water partition coefficient (Wildman–Crippen LogP) is 3.31. The zero-order valence-corrected chi connectivity index (χ0v) is 18.5. The van der Waals surface area contributed by atoms with Crippen LogP contribution >= 0.6 is 0 Å². The SMILES string of the molecule is O=C(c1ccc(S(=O)(=O)N2CCCC2)cc1)N1CCC(Oc2cccc3cccnc23)C1. The van der Waals surface area contributed by atoms with Gasteiger partial charge in [-0.2, -0.15) is 4.31 Å². The van der Waals surface area contributed by atoms with Crippen LogP contribution in [0.4, 0.5) is 0 Å². The number of carbonyl (C=O) groups excluding carboxylic acids is 1. The topological polar surface area (TPSA) is 79.8 Å². The molecule has 2 aliphatic heterocycles. The smallest absolute Gasteiger partial charge is 0.253 e. The number of carbonyl (C=O) groups is 1. The second-order valence-corrected chi connectivity index (χ2v) is 10.2. The van der Waals surface area contributed by atoms with E-state index in [-0.39, 0.29) is 16.9 Å². The van der Waals surface area contributed by atoms with Crippen LogP contribution < -0.4 is 4.74 Å². The Bertz CT molecular complexity index is 1230. The molecule has 1 unspecified atom stereocenters. The highest BCUT2D eigenvalue weighted by atomic mass is 32.2. The average molecular weight is 452 g/mol. The first kappa shape index (κ1) is 20.9. The van der Waals surface area contributed by atoms with Crippen molar-refractivity contribution in [3.05, 3.63) is 66.4 Å². The fraction of sp³-hybridized carbons (Fsp3) is 0.333. The Labute approximate surface area is 187 Å². The van der Waals surface area contributed by atoms with Gasteiger partial charge in [0.25, 0.3) is 5.91 Å². The molecule has 5 rings (SSSR count). The summed E-state index contributed by atoms with van der Waals surface area (Å²) in [5.74, 6) is 0.608. The lowest BCUT2D eigenvalue weighted by atomic mass is 10.2. The Balaban J connectivity index is 1.26. The molecule has 2 aliphatic rings. The van der Waals surface area contributed by atoms with Crippen molar-refractivity contribution in [3.8, 4) is 5.75 Å². The monoisotopic (exact) mass is 451 g/mol. The molecule has 0 aliphatic carbocycles. The van der Waals surface area contributed by atoms with Crippen LogP contribution in [0.3, 0.4) is 0 Å². The standard InChI is InChI=1S/C24H25N3O4S/c28-24(19-8-10-21(11-9-19)32(29,30)27-14-1-2-15-27)26-16-12-20(17-26)31-22-7-3-5-18-6-4-13-25-23(18)22/h3-11,13,20H,1-2,12,14-17H2. The van der Waals surface area contributed by atoms with Crippen LogP contribution in [0.5, 0.6) is 5.75 Å². The molecule has 32 heavy (non-hydrogen) atoms. The van der Waals surface area contributed by atoms with Gasteiger partial charge in [-0.1, -0.05) is 18.2 Å². The van der Waals surface area contributed by atoms with Gasteiger partial charge >= 0.3 is 0 Å². The molecule has 1 amide bonds. The third kappa shape index (κ3) is 3.96. The van der Waals surface area contributed by atoms with Crippen molar-refractivity contribution in [3.63, 3.8) is 0 Å². The van der Waals surface area contributed by atoms with Gasteiger partial charge in [0.1, 0.15) is 17.4 Å². The number of hydrogen-bond donors (Lipinski definition) is 0. The summed E-state index contributed by atoms with van der Waals surface area (Å²) in [6.45, 7) is 2.19. The molecular weight excluding hydrogens is 426 g/mol. The number of likely N-dealkylation sites (tertiary alicyclic amines) is 1. The summed E-state index contributed by atoms with van der Waals surface area (Å²) in [6.07, 6.45) is 4.15. The van der Waals surface area contributed by atoms with Crippen molar-refractivity contribution >= 4 is 26.8 Å². The highest BCUT2D eigenvalue weighted by Gasteiger charge is 2.30. The average Bonchev–Trinajstić information content (AvgIpc) is 3.52. The van der Waals surface area contributed by atoms with E-state index < -0.39 is 10.0 Å². The zero-order valence-electron chi connectivity index (χ0n) is 17.7. The molecule has 3 heterocycles. The van der Waals surface area contributed by atoms with E-state index in [0.29, 0.717) is 31.7 Å². The van der Waals surface area contributed by atoms with Crippen LogP contribution in [-0.2, 0) is 10.0 Å². The summed E-state index contributed by atoms with van der Waals surface area (Å²) >= 11 is 0. The van der Waals surface area contributed by atoms with E-state index in [1.165, 1.54) is 16.4 Å². The Hall–Kier alpha value is -2.97. The molecule has 2 aromatic carbocycles. The first-order chi connectivity index (χ1) is 15.5. The lowest BCUT2D eigenvalue weighted by molar-refractivity contribution is 0.0772. The van der Waals surface area contributed by atoms with Crippen molar-refractivity contribution in [1.82, 2.24) is 14.2 Å². The van der Waals surface area contributed by atoms with E-state index in [0.717, 1.165) is 35.9 Å². The Morgan fingerprint density at radius 1 is 0.969 bits per heavy atom. The molecule has 2 saturated heterocycles. The van der Waals surface area contributed by atoms with Crippen molar-refractivity contribution in [2.45, 2.75) is 30.3 Å². The highest BCUT2D eigenvalue weighted by Crippen LogP contribution is 2.27. The molecule has 166 valence electrons. The van der Waals surface area contributed by atoms with Gasteiger partial charge in [0.15, 0.2) is 0 Å². The van der Waals surface area contributed by atoms with Gasteiger partial charge in [0.2, 0.25) is 10.0 Å². The Morgan fingerprint density at radius 2 is 1.72 bits per heavy atom. The van der Waals surface area contributed by atoms with Crippen molar-refractivity contribution in [2.24, 2.45) is 0 Å². The number of pyridine rings is 1. The maximum absolute atomic E-state index is 13.0. The molecule has 1 atom stereocenters. The third-order valence-electron chi connectivity index (χ3n) is 6.13. The summed E-state index contributed by atoms with van der Waals surface area (Å²) in [5, 5.41) is 1.01. The first-order valence-corrected chi connectivity index (χ1v) is 12.4. The molecule has 0 spiro atoms. The molecule has 2 fully saturated rings. The van der Waals surface area contributed by atoms with Gasteiger partial charge in [-0.15, -0.1) is 0 Å². The number of amides is 1. The molecule has 1 aromatic heterocycles. The maximum Gasteiger partial charge on any atom is 0.253 e. The number of nitrogens with zero attached hydrogens (tertiary/aromatic N) is 3. The number of hydrogen-bond acceptors (Lipinski definition) is 5. The number of benzene rings is 2. The molecule has 8 heteroatoms. The molecule has 7 nitrogen and oxygen atoms in total. The van der Waals surface area contributed by atoms with Crippen LogP contribution in [-0.4, -0.2) is 60.8 Å². The molecule has 0 N–H and O–H groups in total. The minimum Gasteiger partial charge on any atom is -0.486 e. The Kier molecular flexibility index (Phi) is 5.57. The molecule has 3 aromatic rings. The van der Waals surface area contributed by atoms with Crippen molar-refractivity contribution in [1.29, 1.82) is 0 Å². The van der Waals surface area contributed by atoms with E-state index in [1.807, 2.05) is 30.3 Å².